The van der Waals surface area contributed by atoms with Crippen molar-refractivity contribution in [2.45, 2.75) is 24.9 Å². The summed E-state index contributed by atoms with van der Waals surface area (Å²) in [6.07, 6.45) is 0.794. The first-order chi connectivity index (χ1) is 5.07. The number of nitrogens with two attached hydrogens (primary N) is 1. The fourth-order valence-corrected chi connectivity index (χ4v) is 1.47. The van der Waals surface area contributed by atoms with Crippen LogP contribution in [-0.4, -0.2) is 23.3 Å². The molecule has 0 aliphatic heterocycles. The van der Waals surface area contributed by atoms with E-state index in [9.17, 15) is 9.18 Å². The maximum atomic E-state index is 13.3. The van der Waals surface area contributed by atoms with E-state index in [0.29, 0.717) is 12.8 Å². The van der Waals surface area contributed by atoms with Gasteiger partial charge in [-0.15, -0.1) is 0 Å². The monoisotopic (exact) mass is 161 g/mol. The minimum Gasteiger partial charge on any atom is -0.481 e. The van der Waals surface area contributed by atoms with E-state index in [1.807, 2.05) is 0 Å². The summed E-state index contributed by atoms with van der Waals surface area (Å²) >= 11 is 0. The topological polar surface area (TPSA) is 63.3 Å². The van der Waals surface area contributed by atoms with Crippen molar-refractivity contribution < 1.29 is 14.3 Å². The molecular formula is C7H12FNO2. The van der Waals surface area contributed by atoms with E-state index in [2.05, 4.69) is 0 Å². The lowest BCUT2D eigenvalue weighted by molar-refractivity contribution is -0.141. The van der Waals surface area contributed by atoms with Crippen molar-refractivity contribution >= 4 is 5.97 Å². The second-order valence-electron chi connectivity index (χ2n) is 3.13. The summed E-state index contributed by atoms with van der Waals surface area (Å²) in [7, 11) is 0. The highest BCUT2D eigenvalue weighted by Gasteiger charge is 2.41. The van der Waals surface area contributed by atoms with Gasteiger partial charge in [-0.3, -0.25) is 4.79 Å². The Hall–Kier alpha value is -0.640. The fourth-order valence-electron chi connectivity index (χ4n) is 1.47. The van der Waals surface area contributed by atoms with Crippen LogP contribution >= 0.6 is 0 Å². The molecule has 0 saturated heterocycles. The normalized spacial score (nSPS) is 37.5. The van der Waals surface area contributed by atoms with Gasteiger partial charge in [0.2, 0.25) is 0 Å². The first-order valence-corrected chi connectivity index (χ1v) is 3.69. The van der Waals surface area contributed by atoms with Gasteiger partial charge >= 0.3 is 5.97 Å². The summed E-state index contributed by atoms with van der Waals surface area (Å²) in [6.45, 7) is -0.0587. The standard InChI is InChI=1S/C7H12FNO2/c8-7(4-9)2-1-5(3-7)6(10)11/h5H,1-4,9H2,(H,10,11)/t5-,7-/m1/s1. The lowest BCUT2D eigenvalue weighted by Crippen LogP contribution is -2.30. The predicted molar refractivity (Wildman–Crippen MR) is 37.9 cm³/mol. The Morgan fingerprint density at radius 1 is 1.82 bits per heavy atom. The third kappa shape index (κ3) is 1.68. The Bertz CT molecular complexity index is 174. The summed E-state index contributed by atoms with van der Waals surface area (Å²) in [6, 6.07) is 0. The molecule has 1 fully saturated rings. The van der Waals surface area contributed by atoms with E-state index in [0.717, 1.165) is 0 Å². The van der Waals surface area contributed by atoms with Crippen molar-refractivity contribution in [3.05, 3.63) is 0 Å². The van der Waals surface area contributed by atoms with Crippen LogP contribution in [0.25, 0.3) is 0 Å². The molecule has 1 aliphatic carbocycles. The smallest absolute Gasteiger partial charge is 0.306 e. The summed E-state index contributed by atoms with van der Waals surface area (Å²) < 4.78 is 13.3. The summed E-state index contributed by atoms with van der Waals surface area (Å²) in [5, 5.41) is 8.53. The van der Waals surface area contributed by atoms with E-state index in [-0.39, 0.29) is 13.0 Å². The quantitative estimate of drug-likeness (QED) is 0.621. The summed E-state index contributed by atoms with van der Waals surface area (Å²) in [5.74, 6) is -1.43. The Balaban J connectivity index is 2.53. The van der Waals surface area contributed by atoms with Crippen LogP contribution in [0.2, 0.25) is 0 Å². The average molecular weight is 161 g/mol. The number of carboxylic acid groups (broad SMARTS) is 1. The largest absolute Gasteiger partial charge is 0.481 e. The number of alkyl halides is 1. The highest BCUT2D eigenvalue weighted by atomic mass is 19.1. The molecule has 3 nitrogen and oxygen atoms in total. The first kappa shape index (κ1) is 8.46. The van der Waals surface area contributed by atoms with Crippen LogP contribution in [0, 0.1) is 5.92 Å². The highest BCUT2D eigenvalue weighted by Crippen LogP contribution is 2.36. The van der Waals surface area contributed by atoms with Crippen molar-refractivity contribution in [1.82, 2.24) is 0 Å². The van der Waals surface area contributed by atoms with E-state index in [4.69, 9.17) is 10.8 Å². The predicted octanol–water partition coefficient (Wildman–Crippen LogP) is 0.538. The molecule has 11 heavy (non-hydrogen) atoms. The molecule has 0 spiro atoms. The third-order valence-electron chi connectivity index (χ3n) is 2.27. The fraction of sp³-hybridized carbons (Fsp3) is 0.857. The van der Waals surface area contributed by atoms with E-state index < -0.39 is 17.6 Å². The van der Waals surface area contributed by atoms with Gasteiger partial charge in [-0.1, -0.05) is 0 Å². The molecule has 2 atom stereocenters. The molecule has 0 amide bonds. The molecular weight excluding hydrogens is 149 g/mol. The average Bonchev–Trinajstić information content (AvgIpc) is 2.33. The van der Waals surface area contributed by atoms with Crippen LogP contribution in [0.3, 0.4) is 0 Å². The van der Waals surface area contributed by atoms with E-state index >= 15 is 0 Å². The number of aliphatic carboxylic acids is 1. The molecule has 1 aliphatic rings. The summed E-state index contributed by atoms with van der Waals surface area (Å²) in [4.78, 5) is 10.4. The van der Waals surface area contributed by atoms with Gasteiger partial charge < -0.3 is 10.8 Å². The zero-order chi connectivity index (χ0) is 8.48. The molecule has 0 heterocycles. The molecule has 0 aromatic rings. The Morgan fingerprint density at radius 3 is 2.73 bits per heavy atom. The van der Waals surface area contributed by atoms with Crippen molar-refractivity contribution in [3.8, 4) is 0 Å². The lowest BCUT2D eigenvalue weighted by Gasteiger charge is -2.15. The van der Waals surface area contributed by atoms with E-state index in [1.165, 1.54) is 0 Å². The van der Waals surface area contributed by atoms with Gasteiger partial charge in [-0.2, -0.15) is 0 Å². The van der Waals surface area contributed by atoms with Crippen LogP contribution in [-0.2, 0) is 4.79 Å². The highest BCUT2D eigenvalue weighted by molar-refractivity contribution is 5.70. The van der Waals surface area contributed by atoms with Crippen LogP contribution in [0.5, 0.6) is 0 Å². The maximum Gasteiger partial charge on any atom is 0.306 e. The second kappa shape index (κ2) is 2.77. The number of hydrogen-bond acceptors (Lipinski definition) is 2. The second-order valence-corrected chi connectivity index (χ2v) is 3.13. The Morgan fingerprint density at radius 2 is 2.45 bits per heavy atom. The van der Waals surface area contributed by atoms with Gasteiger partial charge in [0.15, 0.2) is 0 Å². The maximum absolute atomic E-state index is 13.3. The van der Waals surface area contributed by atoms with Crippen molar-refractivity contribution in [2.24, 2.45) is 11.7 Å². The van der Waals surface area contributed by atoms with Crippen molar-refractivity contribution in [2.75, 3.05) is 6.54 Å². The SMILES string of the molecule is NC[C@@]1(F)CC[C@@H](C(=O)O)C1. The number of halogens is 1. The third-order valence-corrected chi connectivity index (χ3v) is 2.27. The molecule has 0 bridgehead atoms. The first-order valence-electron chi connectivity index (χ1n) is 3.69. The van der Waals surface area contributed by atoms with Gasteiger partial charge in [0.05, 0.1) is 5.92 Å². The number of carbonyl (C=O) groups is 1. The van der Waals surface area contributed by atoms with E-state index in [1.54, 1.807) is 0 Å². The molecule has 4 heteroatoms. The summed E-state index contributed by atoms with van der Waals surface area (Å²) in [5.41, 5.74) is 3.75. The zero-order valence-corrected chi connectivity index (χ0v) is 6.22. The van der Waals surface area contributed by atoms with Gasteiger partial charge in [-0.25, -0.2) is 4.39 Å². The number of hydrogen-bond donors (Lipinski definition) is 2. The minimum atomic E-state index is -1.41. The van der Waals surface area contributed by atoms with Gasteiger partial charge in [0.25, 0.3) is 0 Å². The molecule has 0 aromatic heterocycles. The zero-order valence-electron chi connectivity index (χ0n) is 6.22. The minimum absolute atomic E-state index is 0.0587. The molecule has 0 radical (unpaired) electrons. The van der Waals surface area contributed by atoms with Crippen molar-refractivity contribution in [1.29, 1.82) is 0 Å². The van der Waals surface area contributed by atoms with Gasteiger partial charge in [0, 0.05) is 6.54 Å². The van der Waals surface area contributed by atoms with Crippen LogP contribution in [0.4, 0.5) is 4.39 Å². The van der Waals surface area contributed by atoms with Crippen LogP contribution in [0.15, 0.2) is 0 Å². The molecule has 1 rings (SSSR count). The molecule has 0 aromatic carbocycles. The molecule has 1 saturated carbocycles. The van der Waals surface area contributed by atoms with Crippen LogP contribution in [0.1, 0.15) is 19.3 Å². The lowest BCUT2D eigenvalue weighted by atomic mass is 10.0. The number of carboxylic acids is 1. The molecule has 0 unspecified atom stereocenters. The Labute approximate surface area is 64.4 Å². The molecule has 64 valence electrons. The Kier molecular flexibility index (Phi) is 2.13. The van der Waals surface area contributed by atoms with Gasteiger partial charge in [0.1, 0.15) is 5.67 Å². The molecule has 3 N–H and O–H groups in total. The number of rotatable bonds is 2. The van der Waals surface area contributed by atoms with Crippen LogP contribution < -0.4 is 5.73 Å². The van der Waals surface area contributed by atoms with Gasteiger partial charge in [-0.05, 0) is 19.3 Å². The van der Waals surface area contributed by atoms with Crippen molar-refractivity contribution in [3.63, 3.8) is 0 Å².